The Hall–Kier alpha value is -1.86. The normalized spacial score (nSPS) is 11.8. The highest BCUT2D eigenvalue weighted by Gasteiger charge is 2.14. The first-order chi connectivity index (χ1) is 9.08. The quantitative estimate of drug-likeness (QED) is 0.838. The van der Waals surface area contributed by atoms with Gasteiger partial charge in [-0.2, -0.15) is 0 Å². The highest BCUT2D eigenvalue weighted by molar-refractivity contribution is 7.80. The summed E-state index contributed by atoms with van der Waals surface area (Å²) in [5.74, 6) is -0.253. The van der Waals surface area contributed by atoms with Gasteiger partial charge in [0.15, 0.2) is 0 Å². The van der Waals surface area contributed by atoms with Gasteiger partial charge >= 0.3 is 0 Å². The molecule has 0 aliphatic heterocycles. The number of amides is 1. The molecular formula is C12H12N4OS2. The van der Waals surface area contributed by atoms with Crippen LogP contribution in [0.4, 0.5) is 0 Å². The summed E-state index contributed by atoms with van der Waals surface area (Å²) in [6, 6.07) is 3.13. The number of rotatable bonds is 4. The number of nitrogens with two attached hydrogens (primary N) is 1. The molecule has 0 spiro atoms. The average Bonchev–Trinajstić information content (AvgIpc) is 2.92. The molecule has 2 aromatic rings. The van der Waals surface area contributed by atoms with Gasteiger partial charge in [-0.3, -0.25) is 9.78 Å². The Balaban J connectivity index is 2.05. The number of nitrogens with one attached hydrogen (secondary N) is 1. The van der Waals surface area contributed by atoms with E-state index in [9.17, 15) is 4.79 Å². The molecule has 0 aliphatic rings. The molecule has 19 heavy (non-hydrogen) atoms. The minimum Gasteiger partial charge on any atom is -0.389 e. The predicted octanol–water partition coefficient (Wildman–Crippen LogP) is 1.66. The highest BCUT2D eigenvalue weighted by Crippen LogP contribution is 2.15. The van der Waals surface area contributed by atoms with Crippen molar-refractivity contribution < 1.29 is 4.79 Å². The molecular weight excluding hydrogens is 280 g/mol. The predicted molar refractivity (Wildman–Crippen MR) is 78.1 cm³/mol. The molecule has 2 aromatic heterocycles. The van der Waals surface area contributed by atoms with Crippen molar-refractivity contribution >= 4 is 34.5 Å². The van der Waals surface area contributed by atoms with Gasteiger partial charge in [0, 0.05) is 23.3 Å². The summed E-state index contributed by atoms with van der Waals surface area (Å²) < 4.78 is 0. The van der Waals surface area contributed by atoms with E-state index in [0.29, 0.717) is 11.3 Å². The van der Waals surface area contributed by atoms with E-state index in [1.165, 1.54) is 17.5 Å². The summed E-state index contributed by atoms with van der Waals surface area (Å²) in [4.78, 5) is 20.4. The first kappa shape index (κ1) is 13.6. The van der Waals surface area contributed by atoms with E-state index in [4.69, 9.17) is 18.0 Å². The number of pyridine rings is 1. The van der Waals surface area contributed by atoms with Crippen LogP contribution in [-0.2, 0) is 0 Å². The summed E-state index contributed by atoms with van der Waals surface area (Å²) in [6.07, 6.45) is 3.20. The second kappa shape index (κ2) is 5.85. The summed E-state index contributed by atoms with van der Waals surface area (Å²) >= 11 is 6.32. The zero-order valence-electron chi connectivity index (χ0n) is 10.2. The first-order valence-electron chi connectivity index (χ1n) is 5.54. The van der Waals surface area contributed by atoms with Crippen molar-refractivity contribution in [2.24, 2.45) is 5.73 Å². The molecule has 0 saturated carbocycles. The molecule has 0 radical (unpaired) electrons. The molecule has 98 valence electrons. The number of carbonyl (C=O) groups excluding carboxylic acids is 1. The van der Waals surface area contributed by atoms with Crippen LogP contribution in [0, 0.1) is 0 Å². The Labute approximate surface area is 119 Å². The average molecular weight is 292 g/mol. The van der Waals surface area contributed by atoms with Crippen molar-refractivity contribution in [3.63, 3.8) is 0 Å². The molecule has 1 atom stereocenters. The van der Waals surface area contributed by atoms with E-state index < -0.39 is 0 Å². The van der Waals surface area contributed by atoms with Crippen LogP contribution < -0.4 is 11.1 Å². The number of thiocarbonyl (C=S) groups is 1. The Kier molecular flexibility index (Phi) is 4.18. The van der Waals surface area contributed by atoms with Crippen LogP contribution in [0.5, 0.6) is 0 Å². The van der Waals surface area contributed by atoms with Crippen molar-refractivity contribution in [3.8, 4) is 0 Å². The van der Waals surface area contributed by atoms with Gasteiger partial charge in [-0.1, -0.05) is 12.2 Å². The summed E-state index contributed by atoms with van der Waals surface area (Å²) in [6.45, 7) is 1.88. The third kappa shape index (κ3) is 3.33. The van der Waals surface area contributed by atoms with Gasteiger partial charge in [-0.15, -0.1) is 11.3 Å². The van der Waals surface area contributed by atoms with E-state index in [1.54, 1.807) is 18.3 Å². The van der Waals surface area contributed by atoms with Gasteiger partial charge in [0.05, 0.1) is 6.04 Å². The number of carbonyl (C=O) groups is 1. The second-order valence-corrected chi connectivity index (χ2v) is 5.23. The van der Waals surface area contributed by atoms with E-state index in [1.807, 2.05) is 12.3 Å². The van der Waals surface area contributed by atoms with E-state index in [0.717, 1.165) is 5.01 Å². The van der Waals surface area contributed by atoms with Crippen LogP contribution in [0.15, 0.2) is 29.9 Å². The smallest absolute Gasteiger partial charge is 0.270 e. The second-order valence-electron chi connectivity index (χ2n) is 3.86. The summed E-state index contributed by atoms with van der Waals surface area (Å²) in [5.41, 5.74) is 6.43. The van der Waals surface area contributed by atoms with Crippen LogP contribution in [-0.4, -0.2) is 20.9 Å². The molecule has 2 rings (SSSR count). The molecule has 5 nitrogen and oxygen atoms in total. The maximum Gasteiger partial charge on any atom is 0.270 e. The van der Waals surface area contributed by atoms with Gasteiger partial charge in [0.2, 0.25) is 0 Å². The van der Waals surface area contributed by atoms with Gasteiger partial charge in [-0.25, -0.2) is 4.98 Å². The number of aromatic nitrogens is 2. The number of nitrogens with zero attached hydrogens (tertiary/aromatic N) is 2. The molecule has 2 heterocycles. The molecule has 0 aromatic carbocycles. The minimum atomic E-state index is -0.253. The van der Waals surface area contributed by atoms with Crippen LogP contribution in [0.1, 0.15) is 34.0 Å². The molecule has 1 amide bonds. The Morgan fingerprint density at radius 2 is 2.26 bits per heavy atom. The van der Waals surface area contributed by atoms with Crippen LogP contribution in [0.3, 0.4) is 0 Å². The molecule has 1 unspecified atom stereocenters. The minimum absolute atomic E-state index is 0.149. The molecule has 7 heteroatoms. The number of hydrogen-bond donors (Lipinski definition) is 2. The van der Waals surface area contributed by atoms with Gasteiger partial charge in [0.25, 0.3) is 5.91 Å². The lowest BCUT2D eigenvalue weighted by molar-refractivity contribution is 0.0935. The SMILES string of the molecule is CC(NC(=O)c1ccc(C(N)=S)cn1)c1nccs1. The van der Waals surface area contributed by atoms with Gasteiger partial charge in [0.1, 0.15) is 15.7 Å². The lowest BCUT2D eigenvalue weighted by Crippen LogP contribution is -2.27. The fraction of sp³-hybridized carbons (Fsp3) is 0.167. The zero-order chi connectivity index (χ0) is 13.8. The molecule has 0 saturated heterocycles. The monoisotopic (exact) mass is 292 g/mol. The van der Waals surface area contributed by atoms with Crippen LogP contribution in [0.25, 0.3) is 0 Å². The molecule has 3 N–H and O–H groups in total. The number of hydrogen-bond acceptors (Lipinski definition) is 5. The van der Waals surface area contributed by atoms with Crippen molar-refractivity contribution in [2.45, 2.75) is 13.0 Å². The molecule has 0 fully saturated rings. The van der Waals surface area contributed by atoms with Crippen molar-refractivity contribution in [2.75, 3.05) is 0 Å². The third-order valence-electron chi connectivity index (χ3n) is 2.45. The maximum atomic E-state index is 12.0. The lowest BCUT2D eigenvalue weighted by atomic mass is 10.2. The van der Waals surface area contributed by atoms with Gasteiger partial charge < -0.3 is 11.1 Å². The van der Waals surface area contributed by atoms with Crippen molar-refractivity contribution in [1.29, 1.82) is 0 Å². The number of thiazole rings is 1. The van der Waals surface area contributed by atoms with E-state index in [-0.39, 0.29) is 16.9 Å². The van der Waals surface area contributed by atoms with Crippen LogP contribution >= 0.6 is 23.6 Å². The highest BCUT2D eigenvalue weighted by atomic mass is 32.1. The zero-order valence-corrected chi connectivity index (χ0v) is 11.8. The summed E-state index contributed by atoms with van der Waals surface area (Å²) in [5, 5.41) is 5.55. The van der Waals surface area contributed by atoms with E-state index in [2.05, 4.69) is 15.3 Å². The lowest BCUT2D eigenvalue weighted by Gasteiger charge is -2.10. The topological polar surface area (TPSA) is 80.9 Å². The third-order valence-corrected chi connectivity index (χ3v) is 3.64. The standard InChI is InChI=1S/C12H12N4OS2/c1-7(12-14-4-5-19-12)16-11(17)9-3-2-8(6-15-9)10(13)18/h2-7H,1H3,(H2,13,18)(H,16,17). The summed E-state index contributed by atoms with van der Waals surface area (Å²) in [7, 11) is 0. The van der Waals surface area contributed by atoms with Crippen molar-refractivity contribution in [3.05, 3.63) is 46.2 Å². The first-order valence-corrected chi connectivity index (χ1v) is 6.83. The van der Waals surface area contributed by atoms with Crippen molar-refractivity contribution in [1.82, 2.24) is 15.3 Å². The molecule has 0 bridgehead atoms. The molecule has 0 aliphatic carbocycles. The Morgan fingerprint density at radius 1 is 1.47 bits per heavy atom. The fourth-order valence-corrected chi connectivity index (χ4v) is 2.22. The maximum absolute atomic E-state index is 12.0. The van der Waals surface area contributed by atoms with Gasteiger partial charge in [-0.05, 0) is 19.1 Å². The largest absolute Gasteiger partial charge is 0.389 e. The van der Waals surface area contributed by atoms with Crippen LogP contribution in [0.2, 0.25) is 0 Å². The Morgan fingerprint density at radius 3 is 2.79 bits per heavy atom. The Bertz CT molecular complexity index is 580. The van der Waals surface area contributed by atoms with E-state index >= 15 is 0 Å². The fourth-order valence-electron chi connectivity index (χ4n) is 1.45.